The highest BCUT2D eigenvalue weighted by atomic mass is 16.6. The lowest BCUT2D eigenvalue weighted by Crippen LogP contribution is -2.57. The van der Waals surface area contributed by atoms with Crippen LogP contribution in [-0.4, -0.2) is 35.8 Å². The molecule has 0 aromatic rings. The second kappa shape index (κ2) is 5.90. The summed E-state index contributed by atoms with van der Waals surface area (Å²) < 4.78 is 11.6. The van der Waals surface area contributed by atoms with Crippen molar-refractivity contribution in [3.05, 3.63) is 23.8 Å². The Balaban J connectivity index is 1.48. The van der Waals surface area contributed by atoms with Gasteiger partial charge in [-0.15, -0.1) is 0 Å². The standard InChI is InChI=1S/C24H30O5/c1-13-9-18-17-6-5-15-10-16(26)7-8-23(15,4)24(17)20(29-24)11-22(18,3)21(13)19(27)12-28-14(2)25/h7-8,10,13,17-18,20-21H,5-6,9,11-12H2,1-4H3/t13-,17?,18?,20+,21-,22+,23+,24-/m1/s1. The molecule has 5 heteroatoms. The minimum Gasteiger partial charge on any atom is -0.458 e. The van der Waals surface area contributed by atoms with Crippen molar-refractivity contribution in [2.24, 2.45) is 34.5 Å². The van der Waals surface area contributed by atoms with Gasteiger partial charge in [-0.2, -0.15) is 0 Å². The van der Waals surface area contributed by atoms with E-state index in [9.17, 15) is 14.4 Å². The monoisotopic (exact) mass is 398 g/mol. The van der Waals surface area contributed by atoms with E-state index in [1.807, 2.05) is 6.08 Å². The van der Waals surface area contributed by atoms with Gasteiger partial charge >= 0.3 is 5.97 Å². The first-order valence-corrected chi connectivity index (χ1v) is 10.9. The fourth-order valence-electron chi connectivity index (χ4n) is 7.96. The van der Waals surface area contributed by atoms with Crippen LogP contribution in [0.5, 0.6) is 0 Å². The average Bonchev–Trinajstić information content (AvgIpc) is 3.29. The Morgan fingerprint density at radius 1 is 1.28 bits per heavy atom. The van der Waals surface area contributed by atoms with E-state index in [0.29, 0.717) is 11.8 Å². The SMILES string of the molecule is CC(=O)OCC(=O)[C@H]1[C@H](C)CC2C3CCC4=CC(=O)C=C[C@]4(C)[C@@]34O[C@H]4C[C@@]21C. The molecule has 1 heterocycles. The van der Waals surface area contributed by atoms with Crippen LogP contribution in [0.2, 0.25) is 0 Å². The highest BCUT2D eigenvalue weighted by molar-refractivity contribution is 6.01. The molecule has 1 aliphatic heterocycles. The second-order valence-electron chi connectivity index (χ2n) is 10.4. The molecule has 156 valence electrons. The molecule has 1 saturated heterocycles. The first-order valence-electron chi connectivity index (χ1n) is 10.9. The van der Waals surface area contributed by atoms with Gasteiger partial charge in [-0.3, -0.25) is 14.4 Å². The molecular weight excluding hydrogens is 368 g/mol. The van der Waals surface area contributed by atoms with Crippen LogP contribution in [0.25, 0.3) is 0 Å². The quantitative estimate of drug-likeness (QED) is 0.538. The molecule has 1 spiro atoms. The number of carbonyl (C=O) groups is 3. The summed E-state index contributed by atoms with van der Waals surface area (Å²) in [5.74, 6) is 0.703. The van der Waals surface area contributed by atoms with Crippen molar-refractivity contribution in [2.45, 2.75) is 65.1 Å². The molecular formula is C24H30O5. The third-order valence-electron chi connectivity index (χ3n) is 9.04. The van der Waals surface area contributed by atoms with Gasteiger partial charge in [0.15, 0.2) is 11.6 Å². The molecule has 0 bridgehead atoms. The molecule has 29 heavy (non-hydrogen) atoms. The molecule has 2 unspecified atom stereocenters. The number of ether oxygens (including phenoxy) is 2. The number of allylic oxidation sites excluding steroid dienone is 2. The van der Waals surface area contributed by atoms with E-state index < -0.39 is 5.97 Å². The molecule has 4 fully saturated rings. The van der Waals surface area contributed by atoms with Gasteiger partial charge in [-0.1, -0.05) is 25.5 Å². The third kappa shape index (κ3) is 2.34. The van der Waals surface area contributed by atoms with E-state index in [1.165, 1.54) is 12.5 Å². The van der Waals surface area contributed by atoms with Gasteiger partial charge in [0, 0.05) is 18.3 Å². The third-order valence-corrected chi connectivity index (χ3v) is 9.04. The Bertz CT molecular complexity index is 870. The predicted octanol–water partition coefficient (Wildman–Crippen LogP) is 3.42. The summed E-state index contributed by atoms with van der Waals surface area (Å²) in [6, 6.07) is 0. The Morgan fingerprint density at radius 3 is 2.76 bits per heavy atom. The first-order chi connectivity index (χ1) is 13.6. The molecule has 3 saturated carbocycles. The van der Waals surface area contributed by atoms with Crippen LogP contribution in [0.3, 0.4) is 0 Å². The Hall–Kier alpha value is -1.75. The lowest BCUT2D eigenvalue weighted by Gasteiger charge is -2.54. The van der Waals surface area contributed by atoms with Crippen molar-refractivity contribution in [1.29, 1.82) is 0 Å². The van der Waals surface area contributed by atoms with Crippen molar-refractivity contribution in [3.8, 4) is 0 Å². The van der Waals surface area contributed by atoms with Gasteiger partial charge in [0.2, 0.25) is 0 Å². The van der Waals surface area contributed by atoms with E-state index >= 15 is 0 Å². The van der Waals surface area contributed by atoms with Crippen LogP contribution in [0.4, 0.5) is 0 Å². The number of Topliss-reactive ketones (excluding diaryl/α,β-unsaturated/α-hetero) is 1. The number of epoxide rings is 1. The Kier molecular flexibility index (Phi) is 3.91. The van der Waals surface area contributed by atoms with Crippen molar-refractivity contribution in [3.63, 3.8) is 0 Å². The zero-order chi connectivity index (χ0) is 20.8. The molecule has 0 N–H and O–H groups in total. The van der Waals surface area contributed by atoms with Crippen LogP contribution in [0.1, 0.15) is 53.4 Å². The summed E-state index contributed by atoms with van der Waals surface area (Å²) in [7, 11) is 0. The summed E-state index contributed by atoms with van der Waals surface area (Å²) in [4.78, 5) is 36.2. The Morgan fingerprint density at radius 2 is 2.03 bits per heavy atom. The van der Waals surface area contributed by atoms with E-state index in [-0.39, 0.29) is 52.5 Å². The maximum absolute atomic E-state index is 13.1. The molecule has 0 aromatic carbocycles. The number of ketones is 2. The van der Waals surface area contributed by atoms with Gasteiger partial charge in [-0.05, 0) is 67.9 Å². The van der Waals surface area contributed by atoms with Crippen LogP contribution >= 0.6 is 0 Å². The highest BCUT2D eigenvalue weighted by Gasteiger charge is 2.79. The smallest absolute Gasteiger partial charge is 0.303 e. The summed E-state index contributed by atoms with van der Waals surface area (Å²) in [6.45, 7) is 7.89. The maximum Gasteiger partial charge on any atom is 0.303 e. The molecule has 0 aromatic heterocycles. The normalized spacial score (nSPS) is 49.3. The second-order valence-corrected chi connectivity index (χ2v) is 10.4. The summed E-state index contributed by atoms with van der Waals surface area (Å²) in [6.07, 6.45) is 9.53. The number of fused-ring (bicyclic) bond motifs is 3. The summed E-state index contributed by atoms with van der Waals surface area (Å²) in [5.41, 5.74) is 0.628. The molecule has 4 aliphatic carbocycles. The Labute approximate surface area is 171 Å². The van der Waals surface area contributed by atoms with Gasteiger partial charge < -0.3 is 9.47 Å². The average molecular weight is 398 g/mol. The van der Waals surface area contributed by atoms with Crippen LogP contribution in [0.15, 0.2) is 23.8 Å². The molecule has 5 nitrogen and oxygen atoms in total. The van der Waals surface area contributed by atoms with Crippen molar-refractivity contribution >= 4 is 17.5 Å². The number of hydrogen-bond acceptors (Lipinski definition) is 5. The first kappa shape index (κ1) is 19.2. The highest BCUT2D eigenvalue weighted by Crippen LogP contribution is 2.75. The van der Waals surface area contributed by atoms with E-state index in [0.717, 1.165) is 25.7 Å². The zero-order valence-electron chi connectivity index (χ0n) is 17.7. The number of carbonyl (C=O) groups excluding carboxylic acids is 3. The lowest BCUT2D eigenvalue weighted by molar-refractivity contribution is -0.149. The van der Waals surface area contributed by atoms with Gasteiger partial charge in [0.25, 0.3) is 0 Å². The van der Waals surface area contributed by atoms with Crippen molar-refractivity contribution in [2.75, 3.05) is 6.61 Å². The van der Waals surface area contributed by atoms with Gasteiger partial charge in [0.05, 0.1) is 6.10 Å². The minimum atomic E-state index is -0.406. The van der Waals surface area contributed by atoms with E-state index in [2.05, 4.69) is 26.8 Å². The molecule has 0 amide bonds. The van der Waals surface area contributed by atoms with Crippen LogP contribution < -0.4 is 0 Å². The minimum absolute atomic E-state index is 0.0524. The van der Waals surface area contributed by atoms with Crippen molar-refractivity contribution < 1.29 is 23.9 Å². The maximum atomic E-state index is 13.1. The fraction of sp³-hybridized carbons (Fsp3) is 0.708. The topological polar surface area (TPSA) is 73.0 Å². The zero-order valence-corrected chi connectivity index (χ0v) is 17.7. The summed E-state index contributed by atoms with van der Waals surface area (Å²) in [5, 5.41) is 0. The fourth-order valence-corrected chi connectivity index (χ4v) is 7.96. The molecule has 8 atom stereocenters. The molecule has 5 aliphatic rings. The van der Waals surface area contributed by atoms with Crippen LogP contribution in [-0.2, 0) is 23.9 Å². The molecule has 5 rings (SSSR count). The number of esters is 1. The van der Waals surface area contributed by atoms with Crippen LogP contribution in [0, 0.1) is 34.5 Å². The number of rotatable bonds is 3. The van der Waals surface area contributed by atoms with Gasteiger partial charge in [-0.25, -0.2) is 0 Å². The number of hydrogen-bond donors (Lipinski definition) is 0. The van der Waals surface area contributed by atoms with E-state index in [1.54, 1.807) is 6.08 Å². The van der Waals surface area contributed by atoms with Gasteiger partial charge in [0.1, 0.15) is 12.2 Å². The predicted molar refractivity (Wildman–Crippen MR) is 106 cm³/mol. The summed E-state index contributed by atoms with van der Waals surface area (Å²) >= 11 is 0. The van der Waals surface area contributed by atoms with Crippen molar-refractivity contribution in [1.82, 2.24) is 0 Å². The van der Waals surface area contributed by atoms with E-state index in [4.69, 9.17) is 9.47 Å². The molecule has 0 radical (unpaired) electrons. The largest absolute Gasteiger partial charge is 0.458 e. The lowest BCUT2D eigenvalue weighted by atomic mass is 9.47.